The number of methoxy groups -OCH3 is 3. The van der Waals surface area contributed by atoms with Crippen LogP contribution in [0, 0.1) is 0 Å². The zero-order chi connectivity index (χ0) is 23.4. The van der Waals surface area contributed by atoms with Crippen LogP contribution in [-0.2, 0) is 4.79 Å². The van der Waals surface area contributed by atoms with Crippen molar-refractivity contribution in [2.75, 3.05) is 59.4 Å². The molecule has 33 heavy (non-hydrogen) atoms. The molecule has 9 nitrogen and oxygen atoms in total. The van der Waals surface area contributed by atoms with Crippen LogP contribution in [0.25, 0.3) is 0 Å². The highest BCUT2D eigenvalue weighted by Crippen LogP contribution is 2.40. The van der Waals surface area contributed by atoms with Gasteiger partial charge in [0.1, 0.15) is 6.61 Å². The van der Waals surface area contributed by atoms with Gasteiger partial charge in [0.15, 0.2) is 28.1 Å². The van der Waals surface area contributed by atoms with Gasteiger partial charge < -0.3 is 38.8 Å². The maximum atomic E-state index is 12.9. The predicted octanol–water partition coefficient (Wildman–Crippen LogP) is 2.39. The Labute approximate surface area is 198 Å². The first-order valence-corrected chi connectivity index (χ1v) is 11.0. The van der Waals surface area contributed by atoms with E-state index in [2.05, 4.69) is 5.32 Å². The van der Waals surface area contributed by atoms with Gasteiger partial charge in [-0.2, -0.15) is 0 Å². The van der Waals surface area contributed by atoms with Crippen molar-refractivity contribution >= 4 is 28.9 Å². The van der Waals surface area contributed by atoms with E-state index in [1.807, 2.05) is 23.1 Å². The van der Waals surface area contributed by atoms with Crippen LogP contribution in [0.5, 0.6) is 28.7 Å². The number of piperazine rings is 1. The maximum Gasteiger partial charge on any atom is 0.267 e. The summed E-state index contributed by atoms with van der Waals surface area (Å²) in [5, 5.41) is 3.78. The van der Waals surface area contributed by atoms with Gasteiger partial charge >= 0.3 is 0 Å². The molecule has 0 saturated carbocycles. The Morgan fingerprint density at radius 3 is 2.18 bits per heavy atom. The Morgan fingerprint density at radius 2 is 1.58 bits per heavy atom. The van der Waals surface area contributed by atoms with Crippen LogP contribution in [0.4, 0.5) is 5.69 Å². The molecule has 2 aliphatic rings. The molecular formula is C23H27N3O6S. The molecule has 0 spiro atoms. The topological polar surface area (TPSA) is 81.7 Å². The van der Waals surface area contributed by atoms with Crippen LogP contribution in [0.2, 0.25) is 0 Å². The lowest BCUT2D eigenvalue weighted by molar-refractivity contribution is -0.142. The summed E-state index contributed by atoms with van der Waals surface area (Å²) in [4.78, 5) is 16.8. The van der Waals surface area contributed by atoms with Gasteiger partial charge in [0.2, 0.25) is 11.9 Å². The fraction of sp³-hybridized carbons (Fsp3) is 0.391. The largest absolute Gasteiger partial charge is 0.493 e. The number of ether oxygens (including phenoxy) is 5. The van der Waals surface area contributed by atoms with E-state index in [4.69, 9.17) is 35.9 Å². The smallest absolute Gasteiger partial charge is 0.267 e. The molecule has 0 aromatic heterocycles. The summed E-state index contributed by atoms with van der Waals surface area (Å²) in [6.45, 7) is 2.49. The minimum Gasteiger partial charge on any atom is -0.493 e. The summed E-state index contributed by atoms with van der Waals surface area (Å²) in [6, 6.07) is 11.0. The zero-order valence-corrected chi connectivity index (χ0v) is 19.6. The van der Waals surface area contributed by atoms with Crippen molar-refractivity contribution in [2.45, 2.75) is 6.10 Å². The summed E-state index contributed by atoms with van der Waals surface area (Å²) in [6.07, 6.45) is -0.643. The molecule has 1 fully saturated rings. The summed E-state index contributed by atoms with van der Waals surface area (Å²) >= 11 is 5.60. The number of nitrogens with one attached hydrogen (secondary N) is 1. The lowest BCUT2D eigenvalue weighted by atomic mass is 10.2. The zero-order valence-electron chi connectivity index (χ0n) is 18.8. The number of carbonyl (C=O) groups excluding carboxylic acids is 1. The van der Waals surface area contributed by atoms with Crippen molar-refractivity contribution in [3.63, 3.8) is 0 Å². The van der Waals surface area contributed by atoms with Crippen molar-refractivity contribution in [3.05, 3.63) is 36.4 Å². The molecule has 1 saturated heterocycles. The average Bonchev–Trinajstić information content (AvgIpc) is 2.87. The Balaban J connectivity index is 1.33. The van der Waals surface area contributed by atoms with Gasteiger partial charge in [-0.3, -0.25) is 4.79 Å². The third-order valence-electron chi connectivity index (χ3n) is 5.58. The second-order valence-corrected chi connectivity index (χ2v) is 7.91. The van der Waals surface area contributed by atoms with Crippen LogP contribution in [-0.4, -0.2) is 81.0 Å². The Hall–Kier alpha value is -3.40. The number of benzene rings is 2. The Bertz CT molecular complexity index is 1000. The van der Waals surface area contributed by atoms with Gasteiger partial charge in [0.25, 0.3) is 5.91 Å². The number of para-hydroxylation sites is 2. The van der Waals surface area contributed by atoms with E-state index >= 15 is 0 Å². The molecule has 4 rings (SSSR count). The van der Waals surface area contributed by atoms with Gasteiger partial charge in [-0.25, -0.2) is 0 Å². The maximum absolute atomic E-state index is 12.9. The van der Waals surface area contributed by atoms with E-state index in [1.165, 1.54) is 0 Å². The predicted molar refractivity (Wildman–Crippen MR) is 127 cm³/mol. The van der Waals surface area contributed by atoms with E-state index in [0.29, 0.717) is 60.0 Å². The monoisotopic (exact) mass is 473 g/mol. The highest BCUT2D eigenvalue weighted by atomic mass is 32.1. The summed E-state index contributed by atoms with van der Waals surface area (Å²) in [7, 11) is 4.69. The van der Waals surface area contributed by atoms with Gasteiger partial charge in [-0.05, 0) is 24.4 Å². The van der Waals surface area contributed by atoms with E-state index in [1.54, 1.807) is 44.4 Å². The van der Waals surface area contributed by atoms with Crippen LogP contribution < -0.4 is 29.0 Å². The molecule has 1 N–H and O–H groups in total. The summed E-state index contributed by atoms with van der Waals surface area (Å²) < 4.78 is 27.7. The first kappa shape index (κ1) is 22.8. The van der Waals surface area contributed by atoms with Crippen molar-refractivity contribution in [1.82, 2.24) is 9.80 Å². The number of fused-ring (bicyclic) bond motifs is 1. The fourth-order valence-corrected chi connectivity index (χ4v) is 4.13. The minimum atomic E-state index is -0.643. The van der Waals surface area contributed by atoms with Crippen LogP contribution in [0.15, 0.2) is 36.4 Å². The molecule has 1 amide bonds. The normalized spacial score (nSPS) is 17.2. The number of nitrogens with zero attached hydrogens (tertiary/aromatic N) is 2. The molecule has 10 heteroatoms. The molecule has 176 valence electrons. The number of carbonyl (C=O) groups is 1. The van der Waals surface area contributed by atoms with Crippen LogP contribution >= 0.6 is 12.2 Å². The van der Waals surface area contributed by atoms with E-state index in [9.17, 15) is 4.79 Å². The molecule has 1 atom stereocenters. The van der Waals surface area contributed by atoms with Crippen LogP contribution in [0.1, 0.15) is 0 Å². The van der Waals surface area contributed by atoms with E-state index in [0.717, 1.165) is 5.69 Å². The molecule has 1 unspecified atom stereocenters. The van der Waals surface area contributed by atoms with Crippen molar-refractivity contribution in [3.8, 4) is 28.7 Å². The van der Waals surface area contributed by atoms with Gasteiger partial charge in [-0.1, -0.05) is 12.1 Å². The second-order valence-electron chi connectivity index (χ2n) is 7.52. The third kappa shape index (κ3) is 4.85. The minimum absolute atomic E-state index is 0.0762. The highest BCUT2D eigenvalue weighted by molar-refractivity contribution is 7.80. The standard InChI is InChI=1S/C23H27N3O6S/c1-28-18-12-15(13-19(29-2)21(18)30-3)24-23(33)26-10-8-25(9-11-26)22(27)20-14-31-16-6-4-5-7-17(16)32-20/h4-7,12-13,20H,8-11,14H2,1-3H3,(H,24,33). The van der Waals surface area contributed by atoms with Crippen molar-refractivity contribution < 1.29 is 28.5 Å². The molecule has 0 aliphatic carbocycles. The molecule has 2 aromatic carbocycles. The Kier molecular flexibility index (Phi) is 6.93. The number of anilines is 1. The SMILES string of the molecule is COc1cc(NC(=S)N2CCN(C(=O)C3COc4ccccc4O3)CC2)cc(OC)c1OC. The Morgan fingerprint density at radius 1 is 0.970 bits per heavy atom. The number of rotatable bonds is 5. The van der Waals surface area contributed by atoms with Gasteiger partial charge in [0.05, 0.1) is 21.3 Å². The molecule has 0 radical (unpaired) electrons. The van der Waals surface area contributed by atoms with Crippen molar-refractivity contribution in [2.24, 2.45) is 0 Å². The molecular weight excluding hydrogens is 446 g/mol. The van der Waals surface area contributed by atoms with Gasteiger partial charge in [-0.15, -0.1) is 0 Å². The first-order chi connectivity index (χ1) is 16.0. The molecule has 2 heterocycles. The lowest BCUT2D eigenvalue weighted by Crippen LogP contribution is -2.55. The molecule has 2 aromatic rings. The summed E-state index contributed by atoms with van der Waals surface area (Å²) in [5.41, 5.74) is 0.722. The first-order valence-electron chi connectivity index (χ1n) is 10.6. The average molecular weight is 474 g/mol. The van der Waals surface area contributed by atoms with Crippen molar-refractivity contribution in [1.29, 1.82) is 0 Å². The second kappa shape index (κ2) is 10.0. The molecule has 2 aliphatic heterocycles. The van der Waals surface area contributed by atoms with Gasteiger partial charge in [0, 0.05) is 44.0 Å². The lowest BCUT2D eigenvalue weighted by Gasteiger charge is -2.38. The number of thiocarbonyl (C=S) groups is 1. The van der Waals surface area contributed by atoms with Crippen LogP contribution in [0.3, 0.4) is 0 Å². The highest BCUT2D eigenvalue weighted by Gasteiger charge is 2.33. The fourth-order valence-electron chi connectivity index (χ4n) is 3.83. The number of amides is 1. The summed E-state index contributed by atoms with van der Waals surface area (Å²) in [5.74, 6) is 2.77. The number of hydrogen-bond donors (Lipinski definition) is 1. The third-order valence-corrected chi connectivity index (χ3v) is 5.94. The van der Waals surface area contributed by atoms with E-state index < -0.39 is 6.10 Å². The molecule has 0 bridgehead atoms. The number of hydrogen-bond acceptors (Lipinski definition) is 7. The van der Waals surface area contributed by atoms with E-state index in [-0.39, 0.29) is 12.5 Å². The quantitative estimate of drug-likeness (QED) is 0.659.